The molecule has 1 aliphatic rings. The van der Waals surface area contributed by atoms with Crippen LogP contribution in [-0.2, 0) is 14.5 Å². The smallest absolute Gasteiger partial charge is 0.255 e. The zero-order valence-electron chi connectivity index (χ0n) is 20.2. The Bertz CT molecular complexity index is 1380. The molecule has 1 fully saturated rings. The lowest BCUT2D eigenvalue weighted by atomic mass is 10.1. The van der Waals surface area contributed by atoms with E-state index in [1.54, 1.807) is 6.07 Å². The molecule has 0 bridgehead atoms. The number of nitrogens with one attached hydrogen (secondary N) is 1. The van der Waals surface area contributed by atoms with Gasteiger partial charge in [0.1, 0.15) is 23.7 Å². The van der Waals surface area contributed by atoms with E-state index in [-0.39, 0.29) is 18.8 Å². The topological polar surface area (TPSA) is 120 Å². The summed E-state index contributed by atoms with van der Waals surface area (Å²) in [5.41, 5.74) is 7.65. The Morgan fingerprint density at radius 1 is 1.25 bits per heavy atom. The van der Waals surface area contributed by atoms with Crippen molar-refractivity contribution in [1.29, 1.82) is 0 Å². The first kappa shape index (κ1) is 27.2. The number of hydrogen-bond donors (Lipinski definition) is 2. The molecule has 2 heterocycles. The van der Waals surface area contributed by atoms with Crippen LogP contribution in [-0.4, -0.2) is 44.1 Å². The van der Waals surface area contributed by atoms with E-state index >= 15 is 0 Å². The number of hydrogen-bond acceptors (Lipinski definition) is 7. The Labute approximate surface area is 207 Å². The number of carbonyl (C=O) groups is 1. The molecular formula is C24H28F3N5O3S. The molecule has 1 aliphatic heterocycles. The van der Waals surface area contributed by atoms with E-state index in [1.165, 1.54) is 25.4 Å². The average Bonchev–Trinajstić information content (AvgIpc) is 2.78. The van der Waals surface area contributed by atoms with Crippen molar-refractivity contribution >= 4 is 43.7 Å². The lowest BCUT2D eigenvalue weighted by molar-refractivity contribution is -0.119. The van der Waals surface area contributed by atoms with E-state index in [2.05, 4.69) is 19.6 Å². The van der Waals surface area contributed by atoms with Crippen LogP contribution in [0.15, 0.2) is 41.0 Å². The summed E-state index contributed by atoms with van der Waals surface area (Å²) in [6.07, 6.45) is 2.26. The van der Waals surface area contributed by atoms with Crippen LogP contribution in [0.3, 0.4) is 0 Å². The Hall–Kier alpha value is -3.41. The van der Waals surface area contributed by atoms with E-state index in [4.69, 9.17) is 10.5 Å². The van der Waals surface area contributed by atoms with Crippen molar-refractivity contribution in [3.05, 3.63) is 48.0 Å². The fraction of sp³-hybridized carbons (Fsp3) is 0.375. The first-order chi connectivity index (χ1) is 16.9. The quantitative estimate of drug-likeness (QED) is 0.437. The number of carbonyl (C=O) groups excluding carboxylic acids is 1. The fourth-order valence-electron chi connectivity index (χ4n) is 3.19. The highest BCUT2D eigenvalue weighted by Gasteiger charge is 2.20. The van der Waals surface area contributed by atoms with Crippen LogP contribution in [0, 0.1) is 12.7 Å². The van der Waals surface area contributed by atoms with Crippen molar-refractivity contribution in [3.63, 3.8) is 0 Å². The summed E-state index contributed by atoms with van der Waals surface area (Å²) < 4.78 is 58.8. The number of halogens is 3. The highest BCUT2D eigenvalue weighted by molar-refractivity contribution is 7.95. The van der Waals surface area contributed by atoms with Crippen LogP contribution in [0.4, 0.5) is 30.4 Å². The fourth-order valence-corrected chi connectivity index (χ4v) is 4.65. The number of nitrogens with two attached hydrogens (primary N) is 1. The molecule has 0 unspecified atom stereocenters. The van der Waals surface area contributed by atoms with Gasteiger partial charge in [0.25, 0.3) is 5.91 Å². The van der Waals surface area contributed by atoms with Gasteiger partial charge in [-0.3, -0.25) is 4.79 Å². The maximum Gasteiger partial charge on any atom is 0.255 e. The summed E-state index contributed by atoms with van der Waals surface area (Å²) in [6, 6.07) is 7.53. The van der Waals surface area contributed by atoms with Crippen molar-refractivity contribution in [2.24, 2.45) is 10.1 Å². The Kier molecular flexibility index (Phi) is 8.39. The third-order valence-corrected chi connectivity index (χ3v) is 7.70. The Morgan fingerprint density at radius 3 is 2.53 bits per heavy atom. The first-order valence-corrected chi connectivity index (χ1v) is 13.1. The second kappa shape index (κ2) is 11.1. The van der Waals surface area contributed by atoms with Gasteiger partial charge in [0.2, 0.25) is 5.92 Å². The number of benzene rings is 2. The number of anilines is 2. The predicted molar refractivity (Wildman–Crippen MR) is 134 cm³/mol. The normalized spacial score (nSPS) is 14.3. The van der Waals surface area contributed by atoms with E-state index in [9.17, 15) is 22.2 Å². The minimum absolute atomic E-state index is 0.0625. The van der Waals surface area contributed by atoms with Crippen molar-refractivity contribution < 1.29 is 26.9 Å². The van der Waals surface area contributed by atoms with Gasteiger partial charge in [-0.1, -0.05) is 6.92 Å². The van der Waals surface area contributed by atoms with Crippen LogP contribution in [0.2, 0.25) is 0 Å². The molecule has 4 rings (SSSR count). The van der Waals surface area contributed by atoms with Gasteiger partial charge in [0.05, 0.1) is 26.6 Å². The molecule has 3 aromatic rings. The minimum atomic E-state index is -2.46. The lowest BCUT2D eigenvalue weighted by Crippen LogP contribution is -2.22. The molecule has 194 valence electrons. The van der Waals surface area contributed by atoms with Crippen molar-refractivity contribution in [2.75, 3.05) is 23.4 Å². The molecule has 0 atom stereocenters. The molecule has 12 heteroatoms. The Morgan fingerprint density at radius 2 is 1.94 bits per heavy atom. The number of rotatable bonds is 7. The van der Waals surface area contributed by atoms with Crippen LogP contribution < -0.4 is 15.8 Å². The summed E-state index contributed by atoms with van der Waals surface area (Å²) in [5.74, 6) is -1.78. The molecule has 2 aromatic carbocycles. The van der Waals surface area contributed by atoms with Gasteiger partial charge >= 0.3 is 0 Å². The van der Waals surface area contributed by atoms with Gasteiger partial charge in [-0.25, -0.2) is 27.3 Å². The first-order valence-electron chi connectivity index (χ1n) is 11.2. The summed E-state index contributed by atoms with van der Waals surface area (Å²) >= 11 is 0. The average molecular weight is 524 g/mol. The number of aromatic nitrogens is 2. The zero-order chi connectivity index (χ0) is 26.5. The Balaban J connectivity index is 0.000000538. The SMILES string of the molecule is CCC(C)(F)F.Cc1cc(N=S2(=O)CCC2)cc2ncnc(Nc3ccc(F)cc3OCC(N)=O)c12. The largest absolute Gasteiger partial charge is 0.481 e. The van der Waals surface area contributed by atoms with E-state index in [1.807, 2.05) is 13.0 Å². The van der Waals surface area contributed by atoms with Crippen molar-refractivity contribution in [2.45, 2.75) is 39.5 Å². The standard InChI is InChI=1S/C20H20FN5O3S.C4H8F2/c1-12-7-14(26-30(28)5-2-6-30)9-16-19(12)20(24-11-23-16)25-15-4-3-13(21)8-17(15)29-10-18(22)27;1-3-4(2,5)6/h3-4,7-9,11H,2,5-6,10H2,1H3,(H2,22,27)(H,23,24,25);3H2,1-2H3. The van der Waals surface area contributed by atoms with Crippen molar-refractivity contribution in [1.82, 2.24) is 9.97 Å². The molecule has 36 heavy (non-hydrogen) atoms. The van der Waals surface area contributed by atoms with E-state index in [0.717, 1.165) is 30.4 Å². The van der Waals surface area contributed by atoms with Gasteiger partial charge < -0.3 is 15.8 Å². The number of nitrogens with zero attached hydrogens (tertiary/aromatic N) is 3. The number of primary amides is 1. The molecule has 1 amide bonds. The van der Waals surface area contributed by atoms with Crippen molar-refractivity contribution in [3.8, 4) is 5.75 Å². The second-order valence-electron chi connectivity index (χ2n) is 8.45. The van der Waals surface area contributed by atoms with Crippen LogP contribution in [0.5, 0.6) is 5.75 Å². The third kappa shape index (κ3) is 7.30. The maximum absolute atomic E-state index is 13.7. The molecule has 0 radical (unpaired) electrons. The second-order valence-corrected chi connectivity index (χ2v) is 11.0. The predicted octanol–water partition coefficient (Wildman–Crippen LogP) is 5.24. The number of fused-ring (bicyclic) bond motifs is 1. The molecule has 0 aliphatic carbocycles. The highest BCUT2D eigenvalue weighted by atomic mass is 32.2. The van der Waals surface area contributed by atoms with Crippen LogP contribution in [0.25, 0.3) is 10.9 Å². The molecule has 8 nitrogen and oxygen atoms in total. The van der Waals surface area contributed by atoms with E-state index in [0.29, 0.717) is 34.2 Å². The molecular weight excluding hydrogens is 495 g/mol. The highest BCUT2D eigenvalue weighted by Crippen LogP contribution is 2.34. The number of ether oxygens (including phenoxy) is 1. The summed E-state index contributed by atoms with van der Waals surface area (Å²) in [4.78, 5) is 19.7. The molecule has 0 spiro atoms. The van der Waals surface area contributed by atoms with Gasteiger partial charge in [-0.05, 0) is 50.1 Å². The minimum Gasteiger partial charge on any atom is -0.481 e. The van der Waals surface area contributed by atoms with Crippen LogP contribution in [0.1, 0.15) is 32.3 Å². The van der Waals surface area contributed by atoms with Gasteiger partial charge in [0, 0.05) is 29.4 Å². The molecule has 1 aromatic heterocycles. The maximum atomic E-state index is 13.7. The van der Waals surface area contributed by atoms with Gasteiger partial charge in [0.15, 0.2) is 6.61 Å². The molecule has 3 N–H and O–H groups in total. The monoisotopic (exact) mass is 523 g/mol. The van der Waals surface area contributed by atoms with Gasteiger partial charge in [-0.2, -0.15) is 4.36 Å². The third-order valence-electron chi connectivity index (χ3n) is 5.31. The number of aryl methyl sites for hydroxylation is 1. The number of alkyl halides is 2. The lowest BCUT2D eigenvalue weighted by Gasteiger charge is -2.18. The zero-order valence-corrected chi connectivity index (χ0v) is 21.0. The van der Waals surface area contributed by atoms with Gasteiger partial charge in [-0.15, -0.1) is 0 Å². The molecule has 1 saturated heterocycles. The number of amides is 1. The summed E-state index contributed by atoms with van der Waals surface area (Å²) in [7, 11) is -2.13. The summed E-state index contributed by atoms with van der Waals surface area (Å²) in [6.45, 7) is 3.87. The summed E-state index contributed by atoms with van der Waals surface area (Å²) in [5, 5.41) is 3.86. The van der Waals surface area contributed by atoms with Crippen LogP contribution >= 0.6 is 0 Å². The van der Waals surface area contributed by atoms with E-state index < -0.39 is 27.4 Å². The molecule has 0 saturated carbocycles.